The van der Waals surface area contributed by atoms with E-state index in [9.17, 15) is 35.4 Å². The standard InChI is InChI=1S/C23H32O11S.Na/c24-9-13-11-5-3-4-8-31-22-19(28)17(26)20(34-23(32-13)18(27)16(11)25)14(33-22)10-35-15-7-2-1-6-12(15)21(29)30;/h1-2,6-7,11,13-14,16-20,22-28H,3-5,8-10H2,(H,29,30);/q;+1/p-1. The SMILES string of the molecule is O=C([O-])c1ccccc1SCC1OC2OCCCCC3C(CO)OC(OC1C(O)C2O)C(O)C3O.[Na+]. The molecule has 1 aromatic rings. The first-order chi connectivity index (χ1) is 16.8. The Morgan fingerprint density at radius 1 is 0.944 bits per heavy atom. The molecule has 4 bridgehead atoms. The van der Waals surface area contributed by atoms with Crippen LogP contribution in [-0.4, -0.2) is 106 Å². The molecular weight excluding hydrogens is 507 g/mol. The van der Waals surface area contributed by atoms with Crippen molar-refractivity contribution in [3.63, 3.8) is 0 Å². The average Bonchev–Trinajstić information content (AvgIpc) is 2.85. The Bertz CT molecular complexity index is 861. The van der Waals surface area contributed by atoms with Crippen molar-refractivity contribution in [1.29, 1.82) is 0 Å². The van der Waals surface area contributed by atoms with Crippen LogP contribution in [0.3, 0.4) is 0 Å². The molecule has 0 aliphatic carbocycles. The predicted molar refractivity (Wildman–Crippen MR) is 118 cm³/mol. The first kappa shape index (κ1) is 30.2. The Morgan fingerprint density at radius 2 is 1.64 bits per heavy atom. The fourth-order valence-electron chi connectivity index (χ4n) is 4.75. The van der Waals surface area contributed by atoms with Gasteiger partial charge in [0.25, 0.3) is 0 Å². The maximum Gasteiger partial charge on any atom is 1.00 e. The van der Waals surface area contributed by atoms with Crippen LogP contribution in [0, 0.1) is 5.92 Å². The molecule has 0 radical (unpaired) electrons. The van der Waals surface area contributed by atoms with E-state index in [4.69, 9.17) is 18.9 Å². The van der Waals surface area contributed by atoms with Crippen molar-refractivity contribution in [1.82, 2.24) is 0 Å². The topological polar surface area (TPSA) is 178 Å². The van der Waals surface area contributed by atoms with E-state index in [0.717, 1.165) is 11.8 Å². The molecule has 5 N–H and O–H groups in total. The molecule has 36 heavy (non-hydrogen) atoms. The number of aromatic carboxylic acids is 1. The van der Waals surface area contributed by atoms with Gasteiger partial charge in [0.15, 0.2) is 12.6 Å². The van der Waals surface area contributed by atoms with E-state index in [0.29, 0.717) is 24.2 Å². The summed E-state index contributed by atoms with van der Waals surface area (Å²) >= 11 is 1.13. The van der Waals surface area contributed by atoms with E-state index in [-0.39, 0.29) is 47.5 Å². The Balaban J connectivity index is 0.00000361. The minimum Gasteiger partial charge on any atom is -0.545 e. The largest absolute Gasteiger partial charge is 1.00 e. The summed E-state index contributed by atoms with van der Waals surface area (Å²) in [5, 5.41) is 64.2. The van der Waals surface area contributed by atoms with Gasteiger partial charge in [-0.25, -0.2) is 0 Å². The van der Waals surface area contributed by atoms with Crippen LogP contribution in [0.1, 0.15) is 29.6 Å². The molecule has 6 heterocycles. The molecule has 11 nitrogen and oxygen atoms in total. The molecule has 6 fully saturated rings. The van der Waals surface area contributed by atoms with Crippen LogP contribution in [0.4, 0.5) is 0 Å². The van der Waals surface area contributed by atoms with Crippen LogP contribution in [-0.2, 0) is 18.9 Å². The van der Waals surface area contributed by atoms with E-state index >= 15 is 0 Å². The molecule has 7 rings (SSSR count). The van der Waals surface area contributed by atoms with Gasteiger partial charge in [-0.15, -0.1) is 11.8 Å². The number of hydrogen-bond donors (Lipinski definition) is 5. The molecule has 10 unspecified atom stereocenters. The molecule has 6 aliphatic heterocycles. The zero-order chi connectivity index (χ0) is 25.1. The van der Waals surface area contributed by atoms with Gasteiger partial charge in [-0.1, -0.05) is 24.6 Å². The predicted octanol–water partition coefficient (Wildman–Crippen LogP) is -4.77. The van der Waals surface area contributed by atoms with Gasteiger partial charge >= 0.3 is 29.6 Å². The Kier molecular flexibility index (Phi) is 11.5. The number of hydrogen-bond acceptors (Lipinski definition) is 12. The second kappa shape index (κ2) is 13.7. The molecule has 1 aromatic carbocycles. The van der Waals surface area contributed by atoms with Crippen LogP contribution in [0.15, 0.2) is 29.2 Å². The van der Waals surface area contributed by atoms with Crippen LogP contribution < -0.4 is 34.7 Å². The van der Waals surface area contributed by atoms with E-state index in [1.54, 1.807) is 18.2 Å². The summed E-state index contributed by atoms with van der Waals surface area (Å²) in [5.41, 5.74) is -0.00714. The number of thioether (sulfide) groups is 1. The number of aliphatic hydroxyl groups excluding tert-OH is 5. The molecule has 196 valence electrons. The molecule has 0 aromatic heterocycles. The first-order valence-electron chi connectivity index (χ1n) is 11.7. The summed E-state index contributed by atoms with van der Waals surface area (Å²) in [6, 6.07) is 6.27. The van der Waals surface area contributed by atoms with E-state index in [1.165, 1.54) is 6.07 Å². The molecule has 0 saturated carbocycles. The molecule has 13 heteroatoms. The van der Waals surface area contributed by atoms with Crippen LogP contribution in [0.25, 0.3) is 0 Å². The maximum absolute atomic E-state index is 11.5. The third kappa shape index (κ3) is 6.63. The number of rotatable bonds is 5. The van der Waals surface area contributed by atoms with Crippen molar-refractivity contribution < 1.29 is 83.9 Å². The summed E-state index contributed by atoms with van der Waals surface area (Å²) in [6.07, 6.45) is -9.56. The smallest absolute Gasteiger partial charge is 0.545 e. The third-order valence-electron chi connectivity index (χ3n) is 6.69. The van der Waals surface area contributed by atoms with Gasteiger partial charge in [-0.3, -0.25) is 0 Å². The molecule has 0 amide bonds. The van der Waals surface area contributed by atoms with Crippen LogP contribution in [0.2, 0.25) is 0 Å². The van der Waals surface area contributed by atoms with Gasteiger partial charge in [0, 0.05) is 28.7 Å². The number of carboxylic acid groups (broad SMARTS) is 1. The van der Waals surface area contributed by atoms with Gasteiger partial charge in [-0.05, 0) is 18.9 Å². The van der Waals surface area contributed by atoms with Crippen molar-refractivity contribution in [3.05, 3.63) is 29.8 Å². The number of aliphatic hydroxyl groups is 5. The molecular formula is C23H31NaO11S. The molecule has 6 aliphatic rings. The molecule has 6 saturated heterocycles. The zero-order valence-electron chi connectivity index (χ0n) is 19.9. The summed E-state index contributed by atoms with van der Waals surface area (Å²) in [4.78, 5) is 11.9. The van der Waals surface area contributed by atoms with Crippen molar-refractivity contribution in [2.45, 2.75) is 79.5 Å². The van der Waals surface area contributed by atoms with Crippen molar-refractivity contribution in [3.8, 4) is 0 Å². The molecule has 0 spiro atoms. The van der Waals surface area contributed by atoms with Crippen molar-refractivity contribution >= 4 is 17.7 Å². The average molecular weight is 539 g/mol. The minimum atomic E-state index is -1.50. The summed E-state index contributed by atoms with van der Waals surface area (Å²) < 4.78 is 23.3. The van der Waals surface area contributed by atoms with E-state index in [1.807, 2.05) is 0 Å². The summed E-state index contributed by atoms with van der Waals surface area (Å²) in [6.45, 7) is -0.204. The van der Waals surface area contributed by atoms with Gasteiger partial charge in [0.05, 0.1) is 30.9 Å². The number of ether oxygens (including phenoxy) is 4. The Labute approximate surface area is 235 Å². The fourth-order valence-corrected chi connectivity index (χ4v) is 5.84. The summed E-state index contributed by atoms with van der Waals surface area (Å²) in [5.74, 6) is -1.76. The second-order valence-electron chi connectivity index (χ2n) is 8.96. The van der Waals surface area contributed by atoms with Crippen LogP contribution >= 0.6 is 11.8 Å². The third-order valence-corrected chi connectivity index (χ3v) is 7.85. The first-order valence-corrected chi connectivity index (χ1v) is 12.6. The number of benzene rings is 1. The second-order valence-corrected chi connectivity index (χ2v) is 10.0. The summed E-state index contributed by atoms with van der Waals surface area (Å²) in [7, 11) is 0. The van der Waals surface area contributed by atoms with Gasteiger partial charge < -0.3 is 54.4 Å². The number of carboxylic acids is 1. The van der Waals surface area contributed by atoms with E-state index in [2.05, 4.69) is 0 Å². The minimum absolute atomic E-state index is 0. The Hall–Kier alpha value is -0.320. The maximum atomic E-state index is 11.5. The normalized spacial score (nSPS) is 39.2. The molecule has 10 atom stereocenters. The quantitative estimate of drug-likeness (QED) is 0.179. The number of carbonyl (C=O) groups excluding carboxylic acids is 1. The van der Waals surface area contributed by atoms with Crippen molar-refractivity contribution in [2.75, 3.05) is 19.0 Å². The monoisotopic (exact) mass is 538 g/mol. The van der Waals surface area contributed by atoms with Gasteiger partial charge in [-0.2, -0.15) is 0 Å². The Morgan fingerprint density at radius 3 is 2.36 bits per heavy atom. The fraction of sp³-hybridized carbons (Fsp3) is 0.696. The van der Waals surface area contributed by atoms with E-state index < -0.39 is 73.8 Å². The van der Waals surface area contributed by atoms with Gasteiger partial charge in [0.1, 0.15) is 24.4 Å². The van der Waals surface area contributed by atoms with Crippen molar-refractivity contribution in [2.24, 2.45) is 5.92 Å². The zero-order valence-corrected chi connectivity index (χ0v) is 22.7. The number of carbonyl (C=O) groups is 1. The van der Waals surface area contributed by atoms with Crippen LogP contribution in [0.5, 0.6) is 0 Å². The van der Waals surface area contributed by atoms with Gasteiger partial charge in [0.2, 0.25) is 0 Å².